The zero-order valence-electron chi connectivity index (χ0n) is 21.2. The Kier molecular flexibility index (Phi) is 9.44. The van der Waals surface area contributed by atoms with Crippen molar-refractivity contribution in [1.29, 1.82) is 0 Å². The fourth-order valence-corrected chi connectivity index (χ4v) is 6.00. The molecule has 1 atom stereocenters. The largest absolute Gasteiger partial charge is 0.399 e. The molecule has 0 radical (unpaired) electrons. The van der Waals surface area contributed by atoms with Crippen molar-refractivity contribution in [2.45, 2.75) is 30.0 Å². The lowest BCUT2D eigenvalue weighted by Gasteiger charge is -2.30. The second kappa shape index (κ2) is 12.4. The van der Waals surface area contributed by atoms with Crippen LogP contribution in [0.3, 0.4) is 0 Å². The van der Waals surface area contributed by atoms with Gasteiger partial charge in [-0.25, -0.2) is 0 Å². The number of allylic oxidation sites excluding steroid dienone is 5. The van der Waals surface area contributed by atoms with E-state index in [-0.39, 0.29) is 0 Å². The van der Waals surface area contributed by atoms with Gasteiger partial charge >= 0.3 is 0 Å². The molecule has 1 aliphatic rings. The number of nitrogens with two attached hydrogens (primary N) is 1. The fourth-order valence-electron chi connectivity index (χ4n) is 4.85. The summed E-state index contributed by atoms with van der Waals surface area (Å²) < 4.78 is -1.57. The van der Waals surface area contributed by atoms with Gasteiger partial charge in [-0.2, -0.15) is 0 Å². The number of hydrogen-bond acceptors (Lipinski definition) is 2. The zero-order valence-corrected chi connectivity index (χ0v) is 25.0. The number of nitrogen functional groups attached to an aromatic ring is 1. The van der Waals surface area contributed by atoms with Crippen LogP contribution in [-0.2, 0) is 0 Å². The maximum absolute atomic E-state index is 6.90. The summed E-state index contributed by atoms with van der Waals surface area (Å²) in [6, 6.07) is 23.7. The highest BCUT2D eigenvalue weighted by molar-refractivity contribution is 6.68. The molecule has 0 spiro atoms. The molecular formula is C31H29Cl5N2. The lowest BCUT2D eigenvalue weighted by molar-refractivity contribution is 0.789. The van der Waals surface area contributed by atoms with Crippen molar-refractivity contribution in [3.8, 4) is 0 Å². The molecule has 2 nitrogen and oxygen atoms in total. The van der Waals surface area contributed by atoms with Crippen LogP contribution in [0.25, 0.3) is 5.57 Å². The second-order valence-corrected chi connectivity index (χ2v) is 12.3. The first-order chi connectivity index (χ1) is 18.1. The Hall–Kier alpha value is -2.07. The molecule has 3 aromatic carbocycles. The highest BCUT2D eigenvalue weighted by Crippen LogP contribution is 2.49. The van der Waals surface area contributed by atoms with Crippen LogP contribution in [0.1, 0.15) is 42.9 Å². The summed E-state index contributed by atoms with van der Waals surface area (Å²) in [5, 5.41) is 1.27. The molecule has 0 amide bonds. The smallest absolute Gasteiger partial charge is 0.201 e. The van der Waals surface area contributed by atoms with Gasteiger partial charge in [-0.3, -0.25) is 0 Å². The van der Waals surface area contributed by atoms with Crippen molar-refractivity contribution in [3.05, 3.63) is 123 Å². The fraction of sp³-hybridized carbons (Fsp3) is 0.226. The monoisotopic (exact) mass is 604 g/mol. The van der Waals surface area contributed by atoms with E-state index in [4.69, 9.17) is 63.7 Å². The van der Waals surface area contributed by atoms with Gasteiger partial charge in [-0.1, -0.05) is 112 Å². The van der Waals surface area contributed by atoms with Gasteiger partial charge in [0, 0.05) is 40.1 Å². The van der Waals surface area contributed by atoms with Crippen LogP contribution in [0.5, 0.6) is 0 Å². The van der Waals surface area contributed by atoms with Crippen LogP contribution in [0, 0.1) is 0 Å². The Morgan fingerprint density at radius 1 is 0.842 bits per heavy atom. The van der Waals surface area contributed by atoms with Gasteiger partial charge in [0.2, 0.25) is 3.79 Å². The average molecular weight is 607 g/mol. The van der Waals surface area contributed by atoms with Crippen molar-refractivity contribution >= 4 is 75.0 Å². The SMILES string of the molecule is CCN(CC)c1ccc(/C(=C2\C=C(C(c3ccc(Cl)cc3)C(Cl)(Cl)Cl)CC=C2Cl)c2ccc(N)cc2)cc1. The van der Waals surface area contributed by atoms with E-state index in [9.17, 15) is 0 Å². The van der Waals surface area contributed by atoms with E-state index in [1.54, 1.807) is 12.1 Å². The first-order valence-electron chi connectivity index (χ1n) is 12.5. The van der Waals surface area contributed by atoms with Gasteiger partial charge in [0.25, 0.3) is 0 Å². The molecular weight excluding hydrogens is 578 g/mol. The molecule has 0 fully saturated rings. The number of rotatable bonds is 7. The topological polar surface area (TPSA) is 29.3 Å². The second-order valence-electron chi connectivity index (χ2n) is 9.13. The first kappa shape index (κ1) is 28.9. The van der Waals surface area contributed by atoms with Crippen molar-refractivity contribution in [2.24, 2.45) is 0 Å². The van der Waals surface area contributed by atoms with Gasteiger partial charge < -0.3 is 10.6 Å². The number of hydrogen-bond donors (Lipinski definition) is 1. The van der Waals surface area contributed by atoms with Crippen LogP contribution in [0.4, 0.5) is 11.4 Å². The average Bonchev–Trinajstić information content (AvgIpc) is 2.89. The van der Waals surface area contributed by atoms with Gasteiger partial charge in [0.05, 0.1) is 5.92 Å². The third-order valence-electron chi connectivity index (χ3n) is 6.76. The normalized spacial score (nSPS) is 16.0. The molecule has 0 saturated carbocycles. The summed E-state index contributed by atoms with van der Waals surface area (Å²) >= 11 is 32.7. The Labute approximate surface area is 250 Å². The van der Waals surface area contributed by atoms with Gasteiger partial charge in [-0.15, -0.1) is 0 Å². The predicted molar refractivity (Wildman–Crippen MR) is 168 cm³/mol. The van der Waals surface area contributed by atoms with Crippen LogP contribution in [0.2, 0.25) is 5.02 Å². The molecule has 0 aliphatic heterocycles. The van der Waals surface area contributed by atoms with Crippen LogP contribution >= 0.6 is 58.0 Å². The number of halogens is 5. The maximum Gasteiger partial charge on any atom is 0.201 e. The number of nitrogens with zero attached hydrogens (tertiary/aromatic N) is 1. The van der Waals surface area contributed by atoms with E-state index in [2.05, 4.69) is 49.1 Å². The highest BCUT2D eigenvalue weighted by Gasteiger charge is 2.37. The lowest BCUT2D eigenvalue weighted by Crippen LogP contribution is -2.21. The highest BCUT2D eigenvalue weighted by atomic mass is 35.6. The minimum atomic E-state index is -1.57. The Morgan fingerprint density at radius 2 is 1.39 bits per heavy atom. The lowest BCUT2D eigenvalue weighted by atomic mass is 9.83. The van der Waals surface area contributed by atoms with E-state index < -0.39 is 9.71 Å². The summed E-state index contributed by atoms with van der Waals surface area (Å²) in [6.07, 6.45) is 4.60. The number of anilines is 2. The van der Waals surface area contributed by atoms with Gasteiger partial charge in [0.1, 0.15) is 0 Å². The summed E-state index contributed by atoms with van der Waals surface area (Å²) in [7, 11) is 0. The molecule has 38 heavy (non-hydrogen) atoms. The Morgan fingerprint density at radius 3 is 1.92 bits per heavy atom. The van der Waals surface area contributed by atoms with Crippen LogP contribution < -0.4 is 10.6 Å². The van der Waals surface area contributed by atoms with E-state index in [0.29, 0.717) is 22.2 Å². The molecule has 0 bridgehead atoms. The van der Waals surface area contributed by atoms with Crippen molar-refractivity contribution in [1.82, 2.24) is 0 Å². The molecule has 2 N–H and O–H groups in total. The molecule has 7 heteroatoms. The summed E-state index contributed by atoms with van der Waals surface area (Å²) in [5.41, 5.74) is 13.5. The Balaban J connectivity index is 1.91. The van der Waals surface area contributed by atoms with Crippen LogP contribution in [-0.4, -0.2) is 16.9 Å². The molecule has 1 unspecified atom stereocenters. The maximum atomic E-state index is 6.90. The third-order valence-corrected chi connectivity index (χ3v) is 8.02. The minimum absolute atomic E-state index is 0.488. The number of alkyl halides is 3. The molecule has 198 valence electrons. The molecule has 1 aliphatic carbocycles. The zero-order chi connectivity index (χ0) is 27.4. The molecule has 0 aromatic heterocycles. The first-order valence-corrected chi connectivity index (χ1v) is 14.4. The quantitative estimate of drug-likeness (QED) is 0.214. The third kappa shape index (κ3) is 6.55. The van der Waals surface area contributed by atoms with E-state index >= 15 is 0 Å². The van der Waals surface area contributed by atoms with E-state index in [0.717, 1.165) is 46.5 Å². The summed E-state index contributed by atoms with van der Waals surface area (Å²) in [6.45, 7) is 6.18. The molecule has 0 heterocycles. The number of benzene rings is 3. The van der Waals surface area contributed by atoms with E-state index in [1.807, 2.05) is 42.5 Å². The van der Waals surface area contributed by atoms with Gasteiger partial charge in [0.15, 0.2) is 0 Å². The summed E-state index contributed by atoms with van der Waals surface area (Å²) in [4.78, 5) is 2.31. The minimum Gasteiger partial charge on any atom is -0.399 e. The molecule has 0 saturated heterocycles. The molecule has 3 aromatic rings. The van der Waals surface area contributed by atoms with Crippen molar-refractivity contribution < 1.29 is 0 Å². The standard InChI is InChI=1S/C31H29Cl5N2/c1-3-38(4-2)26-16-9-21(10-17-26)29(20-7-14-25(37)15-8-20)27-19-23(11-18-28(27)33)30(31(34,35)36)22-5-12-24(32)13-6-22/h5-10,12-19,30H,3-4,11,37H2,1-2H3/b29-27+. The van der Waals surface area contributed by atoms with Crippen LogP contribution in [0.15, 0.2) is 101 Å². The summed E-state index contributed by atoms with van der Waals surface area (Å²) in [5.74, 6) is -0.488. The molecule has 4 rings (SSSR count). The van der Waals surface area contributed by atoms with Gasteiger partial charge in [-0.05, 0) is 78.9 Å². The van der Waals surface area contributed by atoms with E-state index in [1.165, 1.54) is 5.69 Å². The van der Waals surface area contributed by atoms with Crippen molar-refractivity contribution in [3.63, 3.8) is 0 Å². The Bertz CT molecular complexity index is 1350. The van der Waals surface area contributed by atoms with Crippen molar-refractivity contribution in [2.75, 3.05) is 23.7 Å². The predicted octanol–water partition coefficient (Wildman–Crippen LogP) is 10.2.